The van der Waals surface area contributed by atoms with Crippen LogP contribution < -0.4 is 4.90 Å². The number of rotatable bonds is 6. The maximum atomic E-state index is 2.42. The Hall–Kier alpha value is -6.18. The predicted octanol–water partition coefficient (Wildman–Crippen LogP) is 13.9. The average Bonchev–Trinajstić information content (AvgIpc) is 3.42. The first kappa shape index (κ1) is 30.8. The van der Waals surface area contributed by atoms with Gasteiger partial charge in [0.25, 0.3) is 0 Å². The van der Waals surface area contributed by atoms with E-state index in [4.69, 9.17) is 0 Å². The molecule has 1 aliphatic rings. The number of benzene rings is 8. The van der Waals surface area contributed by atoms with Gasteiger partial charge in [-0.1, -0.05) is 159 Å². The van der Waals surface area contributed by atoms with E-state index in [1.165, 1.54) is 72.0 Å². The first-order valence-electron chi connectivity index (χ1n) is 17.9. The molecule has 0 unspecified atom stereocenters. The molecule has 0 bridgehead atoms. The van der Waals surface area contributed by atoms with Gasteiger partial charge in [0.05, 0.1) is 0 Å². The van der Waals surface area contributed by atoms with Gasteiger partial charge in [-0.3, -0.25) is 0 Å². The molecule has 0 heterocycles. The van der Waals surface area contributed by atoms with Crippen LogP contribution in [-0.2, 0) is 5.41 Å². The molecule has 51 heavy (non-hydrogen) atoms. The van der Waals surface area contributed by atoms with E-state index in [9.17, 15) is 0 Å². The maximum Gasteiger partial charge on any atom is 0.0465 e. The van der Waals surface area contributed by atoms with Gasteiger partial charge in [-0.05, 0) is 115 Å². The fraction of sp³-hybridized carbons (Fsp3) is 0.0800. The molecule has 1 aliphatic carbocycles. The van der Waals surface area contributed by atoms with Crippen LogP contribution in [0.5, 0.6) is 0 Å². The Balaban J connectivity index is 1.18. The molecule has 0 amide bonds. The van der Waals surface area contributed by atoms with Crippen molar-refractivity contribution in [2.24, 2.45) is 0 Å². The smallest absolute Gasteiger partial charge is 0.0465 e. The van der Waals surface area contributed by atoms with Gasteiger partial charge in [-0.25, -0.2) is 0 Å². The summed E-state index contributed by atoms with van der Waals surface area (Å²) in [7, 11) is 0. The van der Waals surface area contributed by atoms with E-state index < -0.39 is 0 Å². The number of anilines is 3. The van der Waals surface area contributed by atoms with Crippen LogP contribution in [0, 0.1) is 6.92 Å². The molecule has 8 aromatic rings. The fourth-order valence-electron chi connectivity index (χ4n) is 8.20. The second kappa shape index (κ2) is 12.3. The number of aryl methyl sites for hydroxylation is 1. The lowest BCUT2D eigenvalue weighted by Crippen LogP contribution is -2.16. The number of fused-ring (bicyclic) bond motifs is 4. The lowest BCUT2D eigenvalue weighted by molar-refractivity contribution is 0.660. The highest BCUT2D eigenvalue weighted by molar-refractivity contribution is 6.04. The van der Waals surface area contributed by atoms with Crippen LogP contribution in [0.4, 0.5) is 17.1 Å². The summed E-state index contributed by atoms with van der Waals surface area (Å²) >= 11 is 0. The summed E-state index contributed by atoms with van der Waals surface area (Å²) in [5.41, 5.74) is 17.5. The zero-order chi connectivity index (χ0) is 34.5. The van der Waals surface area contributed by atoms with Crippen molar-refractivity contribution in [3.8, 4) is 44.5 Å². The average molecular weight is 654 g/mol. The van der Waals surface area contributed by atoms with Crippen molar-refractivity contribution in [2.45, 2.75) is 26.2 Å². The summed E-state index contributed by atoms with van der Waals surface area (Å²) in [6.45, 7) is 6.96. The van der Waals surface area contributed by atoms with Gasteiger partial charge in [0.1, 0.15) is 0 Å². The van der Waals surface area contributed by atoms with Crippen molar-refractivity contribution in [1.82, 2.24) is 0 Å². The van der Waals surface area contributed by atoms with Gasteiger partial charge >= 0.3 is 0 Å². The van der Waals surface area contributed by atoms with Crippen LogP contribution in [0.2, 0.25) is 0 Å². The Morgan fingerprint density at radius 2 is 0.961 bits per heavy atom. The molecule has 0 aliphatic heterocycles. The molecule has 0 radical (unpaired) electrons. The first-order valence-corrected chi connectivity index (χ1v) is 17.9. The van der Waals surface area contributed by atoms with Gasteiger partial charge < -0.3 is 4.90 Å². The van der Waals surface area contributed by atoms with E-state index in [2.05, 4.69) is 208 Å². The van der Waals surface area contributed by atoms with Gasteiger partial charge in [0.15, 0.2) is 0 Å². The molecule has 0 fully saturated rings. The lowest BCUT2D eigenvalue weighted by atomic mass is 9.82. The van der Waals surface area contributed by atoms with Crippen LogP contribution in [-0.4, -0.2) is 0 Å². The van der Waals surface area contributed by atoms with E-state index in [0.717, 1.165) is 17.1 Å². The van der Waals surface area contributed by atoms with Gasteiger partial charge in [-0.2, -0.15) is 0 Å². The minimum absolute atomic E-state index is 0.0939. The van der Waals surface area contributed by atoms with E-state index in [1.807, 2.05) is 0 Å². The van der Waals surface area contributed by atoms with Crippen molar-refractivity contribution >= 4 is 27.8 Å². The third kappa shape index (κ3) is 5.25. The lowest BCUT2D eigenvalue weighted by Gasteiger charge is -2.28. The molecule has 9 rings (SSSR count). The molecule has 0 spiro atoms. The normalized spacial score (nSPS) is 12.8. The van der Waals surface area contributed by atoms with Crippen molar-refractivity contribution in [3.05, 3.63) is 199 Å². The summed E-state index contributed by atoms with van der Waals surface area (Å²) in [5, 5.41) is 2.51. The maximum absolute atomic E-state index is 2.42. The number of hydrogen-bond donors (Lipinski definition) is 0. The summed E-state index contributed by atoms with van der Waals surface area (Å²) in [6.07, 6.45) is 0. The van der Waals surface area contributed by atoms with Crippen molar-refractivity contribution in [3.63, 3.8) is 0 Å². The topological polar surface area (TPSA) is 3.24 Å². The quantitative estimate of drug-likeness (QED) is 0.173. The standard InChI is InChI=1S/C50H39N/c1-34-13-12-20-46-48(34)45-32-30-42(33-47(45)50(46,2)3)51(40-26-21-36(22-27-40)35-14-6-4-7-15-35)41-28-23-38(24-29-41)44-31-25-37-16-10-11-19-43(37)49(44)39-17-8-5-9-18-39/h4-33H,1-3H3. The highest BCUT2D eigenvalue weighted by atomic mass is 15.1. The summed E-state index contributed by atoms with van der Waals surface area (Å²) in [5.74, 6) is 0. The fourth-order valence-corrected chi connectivity index (χ4v) is 8.20. The first-order chi connectivity index (χ1) is 25.0. The molecular formula is C50H39N. The molecule has 1 nitrogen and oxygen atoms in total. The highest BCUT2D eigenvalue weighted by Crippen LogP contribution is 2.52. The molecule has 0 saturated heterocycles. The zero-order valence-corrected chi connectivity index (χ0v) is 29.3. The molecule has 0 aromatic heterocycles. The Bertz CT molecular complexity index is 2530. The predicted molar refractivity (Wildman–Crippen MR) is 217 cm³/mol. The van der Waals surface area contributed by atoms with E-state index >= 15 is 0 Å². The van der Waals surface area contributed by atoms with E-state index in [1.54, 1.807) is 0 Å². The second-order valence-corrected chi connectivity index (χ2v) is 14.2. The van der Waals surface area contributed by atoms with Crippen LogP contribution in [0.3, 0.4) is 0 Å². The van der Waals surface area contributed by atoms with Crippen molar-refractivity contribution < 1.29 is 0 Å². The van der Waals surface area contributed by atoms with Crippen molar-refractivity contribution in [1.29, 1.82) is 0 Å². The molecule has 8 aromatic carbocycles. The monoisotopic (exact) mass is 653 g/mol. The Kier molecular flexibility index (Phi) is 7.44. The van der Waals surface area contributed by atoms with Crippen LogP contribution >= 0.6 is 0 Å². The van der Waals surface area contributed by atoms with Gasteiger partial charge in [0, 0.05) is 22.5 Å². The summed E-state index contributed by atoms with van der Waals surface area (Å²) < 4.78 is 0. The van der Waals surface area contributed by atoms with Gasteiger partial charge in [-0.15, -0.1) is 0 Å². The SMILES string of the molecule is Cc1cccc2c1-c1ccc(N(c3ccc(-c4ccccc4)cc3)c3ccc(-c4ccc5ccccc5c4-c4ccccc4)cc3)cc1C2(C)C. The summed E-state index contributed by atoms with van der Waals surface area (Å²) in [6, 6.07) is 66.5. The zero-order valence-electron chi connectivity index (χ0n) is 29.3. The largest absolute Gasteiger partial charge is 0.310 e. The highest BCUT2D eigenvalue weighted by Gasteiger charge is 2.36. The Morgan fingerprint density at radius 1 is 0.392 bits per heavy atom. The Labute approximate surface area is 301 Å². The van der Waals surface area contributed by atoms with Crippen LogP contribution in [0.15, 0.2) is 182 Å². The van der Waals surface area contributed by atoms with Gasteiger partial charge in [0.2, 0.25) is 0 Å². The van der Waals surface area contributed by atoms with Crippen molar-refractivity contribution in [2.75, 3.05) is 4.90 Å². The third-order valence-electron chi connectivity index (χ3n) is 10.8. The molecule has 244 valence electrons. The third-order valence-corrected chi connectivity index (χ3v) is 10.8. The number of hydrogen-bond acceptors (Lipinski definition) is 1. The molecule has 0 N–H and O–H groups in total. The summed E-state index contributed by atoms with van der Waals surface area (Å²) in [4.78, 5) is 2.41. The number of nitrogens with zero attached hydrogens (tertiary/aromatic N) is 1. The molecule has 0 saturated carbocycles. The minimum atomic E-state index is -0.0939. The second-order valence-electron chi connectivity index (χ2n) is 14.2. The Morgan fingerprint density at radius 3 is 1.67 bits per heavy atom. The molecular weight excluding hydrogens is 615 g/mol. The van der Waals surface area contributed by atoms with Crippen LogP contribution in [0.1, 0.15) is 30.5 Å². The minimum Gasteiger partial charge on any atom is -0.310 e. The molecule has 1 heteroatoms. The van der Waals surface area contributed by atoms with E-state index in [0.29, 0.717) is 0 Å². The van der Waals surface area contributed by atoms with E-state index in [-0.39, 0.29) is 5.41 Å². The molecule has 0 atom stereocenters. The van der Waals surface area contributed by atoms with Crippen LogP contribution in [0.25, 0.3) is 55.3 Å².